The lowest BCUT2D eigenvalue weighted by molar-refractivity contribution is 0.0495. The van der Waals surface area contributed by atoms with Crippen molar-refractivity contribution < 1.29 is 9.90 Å². The topological polar surface area (TPSA) is 86.3 Å². The number of nitrogens with zero attached hydrogens (tertiary/aromatic N) is 2. The largest absolute Gasteiger partial charge is 0.394 e. The first kappa shape index (κ1) is 13.7. The second-order valence-corrected chi connectivity index (χ2v) is 4.96. The highest BCUT2D eigenvalue weighted by Crippen LogP contribution is 2.18. The molecule has 1 aromatic heterocycles. The Morgan fingerprint density at radius 3 is 2.89 bits per heavy atom. The van der Waals surface area contributed by atoms with Gasteiger partial charge in [0.1, 0.15) is 0 Å². The number of amides is 1. The van der Waals surface area contributed by atoms with Crippen molar-refractivity contribution in [3.63, 3.8) is 0 Å². The van der Waals surface area contributed by atoms with E-state index in [1.807, 2.05) is 0 Å². The number of carbonyl (C=O) groups is 1. The molecule has 1 saturated heterocycles. The Balaban J connectivity index is 2.33. The molecule has 0 saturated carbocycles. The first-order valence-electron chi connectivity index (χ1n) is 6.54. The molecule has 0 aliphatic carbocycles. The number of rotatable bonds is 2. The van der Waals surface area contributed by atoms with Crippen LogP contribution < -0.4 is 5.56 Å². The minimum atomic E-state index is -0.463. The summed E-state index contributed by atoms with van der Waals surface area (Å²) in [4.78, 5) is 32.5. The van der Waals surface area contributed by atoms with E-state index in [1.54, 1.807) is 18.7 Å². The molecule has 1 fully saturated rings. The van der Waals surface area contributed by atoms with Crippen LogP contribution in [0, 0.1) is 13.8 Å². The first-order chi connectivity index (χ1) is 9.04. The van der Waals surface area contributed by atoms with Gasteiger partial charge in [-0.1, -0.05) is 0 Å². The van der Waals surface area contributed by atoms with Crippen LogP contribution in [0.1, 0.15) is 41.1 Å². The maximum atomic E-state index is 12.4. The van der Waals surface area contributed by atoms with Gasteiger partial charge in [-0.25, -0.2) is 4.98 Å². The summed E-state index contributed by atoms with van der Waals surface area (Å²) in [6.07, 6.45) is 2.65. The molecular weight excluding hydrogens is 246 g/mol. The van der Waals surface area contributed by atoms with Gasteiger partial charge in [-0.3, -0.25) is 9.59 Å². The van der Waals surface area contributed by atoms with Gasteiger partial charge in [0, 0.05) is 12.2 Å². The molecule has 6 nitrogen and oxygen atoms in total. The zero-order valence-corrected chi connectivity index (χ0v) is 11.3. The molecule has 1 atom stereocenters. The summed E-state index contributed by atoms with van der Waals surface area (Å²) in [7, 11) is 0. The smallest absolute Gasteiger partial charge is 0.279 e. The third-order valence-corrected chi connectivity index (χ3v) is 3.64. The van der Waals surface area contributed by atoms with Crippen molar-refractivity contribution in [1.29, 1.82) is 0 Å². The van der Waals surface area contributed by atoms with Gasteiger partial charge in [0.25, 0.3) is 11.5 Å². The fourth-order valence-electron chi connectivity index (χ4n) is 2.36. The normalized spacial score (nSPS) is 19.5. The Morgan fingerprint density at radius 2 is 2.21 bits per heavy atom. The lowest BCUT2D eigenvalue weighted by Crippen LogP contribution is -2.47. The number of aromatic nitrogens is 2. The van der Waals surface area contributed by atoms with Crippen LogP contribution in [0.3, 0.4) is 0 Å². The van der Waals surface area contributed by atoms with Crippen LogP contribution in [0.25, 0.3) is 0 Å². The first-order valence-corrected chi connectivity index (χ1v) is 6.54. The van der Waals surface area contributed by atoms with E-state index >= 15 is 0 Å². The molecule has 1 unspecified atom stereocenters. The van der Waals surface area contributed by atoms with Crippen molar-refractivity contribution >= 4 is 5.91 Å². The number of likely N-dealkylation sites (tertiary alicyclic amines) is 1. The molecule has 0 radical (unpaired) electrons. The number of aliphatic hydroxyl groups is 1. The molecule has 2 heterocycles. The zero-order valence-electron chi connectivity index (χ0n) is 11.3. The molecule has 6 heteroatoms. The maximum Gasteiger partial charge on any atom is 0.279 e. The summed E-state index contributed by atoms with van der Waals surface area (Å²) in [5, 5.41) is 9.33. The van der Waals surface area contributed by atoms with E-state index in [1.165, 1.54) is 0 Å². The van der Waals surface area contributed by atoms with Gasteiger partial charge in [0.05, 0.1) is 18.3 Å². The zero-order chi connectivity index (χ0) is 14.0. The summed E-state index contributed by atoms with van der Waals surface area (Å²) in [5.74, 6) is -0.386. The predicted octanol–water partition coefficient (Wildman–Crippen LogP) is 0.374. The van der Waals surface area contributed by atoms with Gasteiger partial charge in [-0.2, -0.15) is 0 Å². The average molecular weight is 265 g/mol. The quantitative estimate of drug-likeness (QED) is 0.809. The Morgan fingerprint density at radius 1 is 1.47 bits per heavy atom. The molecule has 1 amide bonds. The van der Waals surface area contributed by atoms with E-state index in [-0.39, 0.29) is 24.2 Å². The number of hydrogen-bond donors (Lipinski definition) is 2. The highest BCUT2D eigenvalue weighted by Gasteiger charge is 2.29. The molecule has 2 rings (SSSR count). The van der Waals surface area contributed by atoms with Crippen LogP contribution in [-0.2, 0) is 0 Å². The SMILES string of the molecule is Cc1nc(C(=O)N2CCCCC2CO)c(=O)[nH]c1C. The average Bonchev–Trinajstić information content (AvgIpc) is 2.42. The number of hydrogen-bond acceptors (Lipinski definition) is 4. The summed E-state index contributed by atoms with van der Waals surface area (Å²) >= 11 is 0. The Kier molecular flexibility index (Phi) is 3.99. The molecule has 19 heavy (non-hydrogen) atoms. The monoisotopic (exact) mass is 265 g/mol. The highest BCUT2D eigenvalue weighted by molar-refractivity contribution is 5.92. The lowest BCUT2D eigenvalue weighted by Gasteiger charge is -2.34. The van der Waals surface area contributed by atoms with Crippen molar-refractivity contribution in [3.05, 3.63) is 27.4 Å². The number of nitrogens with one attached hydrogen (secondary N) is 1. The number of H-pyrrole nitrogens is 1. The van der Waals surface area contributed by atoms with Gasteiger partial charge in [0.2, 0.25) is 0 Å². The third kappa shape index (κ3) is 2.68. The Hall–Kier alpha value is -1.69. The van der Waals surface area contributed by atoms with Gasteiger partial charge in [0.15, 0.2) is 5.69 Å². The fraction of sp³-hybridized carbons (Fsp3) is 0.615. The maximum absolute atomic E-state index is 12.4. The minimum Gasteiger partial charge on any atom is -0.394 e. The number of aromatic amines is 1. The van der Waals surface area contributed by atoms with E-state index in [4.69, 9.17) is 0 Å². The standard InChI is InChI=1S/C13H19N3O3/c1-8-9(2)15-12(18)11(14-8)13(19)16-6-4-3-5-10(16)7-17/h10,17H,3-7H2,1-2H3,(H,15,18). The molecule has 0 bridgehead atoms. The van der Waals surface area contributed by atoms with Gasteiger partial charge in [-0.15, -0.1) is 0 Å². The molecular formula is C13H19N3O3. The van der Waals surface area contributed by atoms with Crippen LogP contribution in [0.5, 0.6) is 0 Å². The number of aryl methyl sites for hydroxylation is 2. The number of carbonyl (C=O) groups excluding carboxylic acids is 1. The molecule has 1 aliphatic rings. The summed E-state index contributed by atoms with van der Waals surface area (Å²) in [5.41, 5.74) is 0.762. The second kappa shape index (κ2) is 5.52. The number of piperidine rings is 1. The van der Waals surface area contributed by atoms with Crippen molar-refractivity contribution in [1.82, 2.24) is 14.9 Å². The third-order valence-electron chi connectivity index (χ3n) is 3.64. The van der Waals surface area contributed by atoms with Crippen LogP contribution in [0.4, 0.5) is 0 Å². The van der Waals surface area contributed by atoms with E-state index < -0.39 is 5.56 Å². The molecule has 2 N–H and O–H groups in total. The minimum absolute atomic E-state index is 0.0749. The van der Waals surface area contributed by atoms with Gasteiger partial charge < -0.3 is 15.0 Å². The van der Waals surface area contributed by atoms with Gasteiger partial charge >= 0.3 is 0 Å². The molecule has 104 valence electrons. The second-order valence-electron chi connectivity index (χ2n) is 4.96. The van der Waals surface area contributed by atoms with Crippen molar-refractivity contribution in [2.45, 2.75) is 39.2 Å². The molecule has 1 aliphatic heterocycles. The van der Waals surface area contributed by atoms with Gasteiger partial charge in [-0.05, 0) is 33.1 Å². The molecule has 0 spiro atoms. The van der Waals surface area contributed by atoms with Crippen LogP contribution in [0.15, 0.2) is 4.79 Å². The van der Waals surface area contributed by atoms with Crippen molar-refractivity contribution in [2.24, 2.45) is 0 Å². The predicted molar refractivity (Wildman–Crippen MR) is 70.1 cm³/mol. The lowest BCUT2D eigenvalue weighted by atomic mass is 10.0. The summed E-state index contributed by atoms with van der Waals surface area (Å²) in [6, 6.07) is -0.205. The Bertz CT molecular complexity index is 538. The Labute approximate surface area is 111 Å². The number of aliphatic hydroxyl groups excluding tert-OH is 1. The van der Waals surface area contributed by atoms with Crippen LogP contribution in [0.2, 0.25) is 0 Å². The van der Waals surface area contributed by atoms with E-state index in [9.17, 15) is 14.7 Å². The summed E-state index contributed by atoms with van der Waals surface area (Å²) in [6.45, 7) is 3.99. The molecule has 1 aromatic rings. The van der Waals surface area contributed by atoms with E-state index in [0.717, 1.165) is 19.3 Å². The van der Waals surface area contributed by atoms with Crippen molar-refractivity contribution in [2.75, 3.05) is 13.2 Å². The highest BCUT2D eigenvalue weighted by atomic mass is 16.3. The van der Waals surface area contributed by atoms with Crippen LogP contribution >= 0.6 is 0 Å². The summed E-state index contributed by atoms with van der Waals surface area (Å²) < 4.78 is 0. The van der Waals surface area contributed by atoms with Crippen molar-refractivity contribution in [3.8, 4) is 0 Å². The van der Waals surface area contributed by atoms with Crippen LogP contribution in [-0.4, -0.2) is 45.1 Å². The fourth-order valence-corrected chi connectivity index (χ4v) is 2.36. The van der Waals surface area contributed by atoms with E-state index in [2.05, 4.69) is 9.97 Å². The van der Waals surface area contributed by atoms with E-state index in [0.29, 0.717) is 17.9 Å². The molecule has 0 aromatic carbocycles.